The molecule has 0 bridgehead atoms. The largest absolute Gasteiger partial charge is 0.366 e. The molecule has 0 aliphatic rings. The van der Waals surface area contributed by atoms with Crippen LogP contribution in [0.25, 0.3) is 10.9 Å². The van der Waals surface area contributed by atoms with Gasteiger partial charge in [-0.1, -0.05) is 30.3 Å². The molecule has 1 aromatic heterocycles. The van der Waals surface area contributed by atoms with E-state index in [1.165, 1.54) is 0 Å². The maximum Gasteiger partial charge on any atom is 0.248 e. The summed E-state index contributed by atoms with van der Waals surface area (Å²) in [4.78, 5) is 15.9. The number of nitrogens with two attached hydrogens (primary N) is 1. The van der Waals surface area contributed by atoms with Gasteiger partial charge < -0.3 is 11.1 Å². The average Bonchev–Trinajstić information content (AvgIpc) is 2.53. The Labute approximate surface area is 129 Å². The van der Waals surface area contributed by atoms with Crippen LogP contribution < -0.4 is 11.1 Å². The highest BCUT2D eigenvalue weighted by Crippen LogP contribution is 2.20. The number of hydrogen-bond donors (Lipinski definition) is 2. The first-order valence-corrected chi connectivity index (χ1v) is 7.12. The molecule has 3 aromatic rings. The molecule has 0 atom stereocenters. The van der Waals surface area contributed by atoms with E-state index < -0.39 is 5.91 Å². The highest BCUT2D eigenvalue weighted by atomic mass is 16.1. The number of aromatic nitrogens is 1. The van der Waals surface area contributed by atoms with Crippen LogP contribution in [-0.2, 0) is 6.54 Å². The van der Waals surface area contributed by atoms with Gasteiger partial charge in [-0.25, -0.2) is 4.98 Å². The van der Waals surface area contributed by atoms with Crippen LogP contribution in [0, 0.1) is 6.92 Å². The van der Waals surface area contributed by atoms with Gasteiger partial charge in [-0.15, -0.1) is 0 Å². The lowest BCUT2D eigenvalue weighted by Crippen LogP contribution is -2.11. The highest BCUT2D eigenvalue weighted by Gasteiger charge is 2.05. The van der Waals surface area contributed by atoms with E-state index in [-0.39, 0.29) is 0 Å². The Morgan fingerprint density at radius 3 is 2.77 bits per heavy atom. The molecule has 4 heteroatoms. The number of amides is 1. The topological polar surface area (TPSA) is 68.0 Å². The SMILES string of the molecule is Cc1cc2ccccc2nc1NCc1cccc(C(N)=O)c1. The minimum absolute atomic E-state index is 0.415. The number of rotatable bonds is 4. The molecule has 0 aliphatic heterocycles. The predicted octanol–water partition coefficient (Wildman–Crippen LogP) is 3.25. The van der Waals surface area contributed by atoms with Crippen LogP contribution in [0.15, 0.2) is 54.6 Å². The summed E-state index contributed by atoms with van der Waals surface area (Å²) in [6.45, 7) is 2.62. The van der Waals surface area contributed by atoms with Gasteiger partial charge in [-0.2, -0.15) is 0 Å². The molecule has 4 nitrogen and oxygen atoms in total. The van der Waals surface area contributed by atoms with E-state index in [2.05, 4.69) is 22.4 Å². The molecule has 0 saturated heterocycles. The number of nitrogens with one attached hydrogen (secondary N) is 1. The lowest BCUT2D eigenvalue weighted by atomic mass is 10.1. The number of carbonyl (C=O) groups excluding carboxylic acids is 1. The fraction of sp³-hybridized carbons (Fsp3) is 0.111. The second-order valence-electron chi connectivity index (χ2n) is 5.26. The summed E-state index contributed by atoms with van der Waals surface area (Å²) < 4.78 is 0. The van der Waals surface area contributed by atoms with Crippen molar-refractivity contribution in [2.75, 3.05) is 5.32 Å². The predicted molar refractivity (Wildman–Crippen MR) is 88.8 cm³/mol. The molecule has 0 aliphatic carbocycles. The molecule has 3 N–H and O–H groups in total. The van der Waals surface area contributed by atoms with E-state index in [1.54, 1.807) is 12.1 Å². The Balaban J connectivity index is 1.83. The summed E-state index contributed by atoms with van der Waals surface area (Å²) >= 11 is 0. The lowest BCUT2D eigenvalue weighted by molar-refractivity contribution is 0.1000. The zero-order chi connectivity index (χ0) is 15.5. The Bertz CT molecular complexity index is 843. The third kappa shape index (κ3) is 2.91. The molecule has 0 spiro atoms. The van der Waals surface area contributed by atoms with E-state index >= 15 is 0 Å². The van der Waals surface area contributed by atoms with Crippen molar-refractivity contribution in [1.29, 1.82) is 0 Å². The fourth-order valence-electron chi connectivity index (χ4n) is 2.42. The molecular formula is C18H17N3O. The van der Waals surface area contributed by atoms with Crippen molar-refractivity contribution in [3.8, 4) is 0 Å². The molecule has 0 fully saturated rings. The summed E-state index contributed by atoms with van der Waals surface area (Å²) in [5, 5.41) is 4.45. The first kappa shape index (κ1) is 14.1. The molecular weight excluding hydrogens is 274 g/mol. The zero-order valence-corrected chi connectivity index (χ0v) is 12.3. The maximum absolute atomic E-state index is 11.2. The summed E-state index contributed by atoms with van der Waals surface area (Å²) in [5.41, 5.74) is 8.86. The van der Waals surface area contributed by atoms with E-state index in [4.69, 9.17) is 5.73 Å². The van der Waals surface area contributed by atoms with Crippen LogP contribution in [-0.4, -0.2) is 10.9 Å². The van der Waals surface area contributed by atoms with Crippen LogP contribution in [0.5, 0.6) is 0 Å². The number of para-hydroxylation sites is 1. The number of benzene rings is 2. The summed E-state index contributed by atoms with van der Waals surface area (Å²) in [7, 11) is 0. The van der Waals surface area contributed by atoms with Gasteiger partial charge in [0.1, 0.15) is 5.82 Å². The smallest absolute Gasteiger partial charge is 0.248 e. The summed E-state index contributed by atoms with van der Waals surface area (Å²) in [6, 6.07) is 17.4. The second-order valence-corrected chi connectivity index (χ2v) is 5.26. The molecule has 1 amide bonds. The number of anilines is 1. The molecule has 0 saturated carbocycles. The molecule has 1 heterocycles. The number of primary amides is 1. The average molecular weight is 291 g/mol. The van der Waals surface area contributed by atoms with E-state index in [0.29, 0.717) is 12.1 Å². The number of carbonyl (C=O) groups is 1. The number of nitrogens with zero attached hydrogens (tertiary/aromatic N) is 1. The molecule has 3 rings (SSSR count). The molecule has 22 heavy (non-hydrogen) atoms. The van der Waals surface area contributed by atoms with Gasteiger partial charge in [0.05, 0.1) is 5.52 Å². The quantitative estimate of drug-likeness (QED) is 0.775. The van der Waals surface area contributed by atoms with Gasteiger partial charge in [0.15, 0.2) is 0 Å². The fourth-order valence-corrected chi connectivity index (χ4v) is 2.42. The van der Waals surface area contributed by atoms with E-state index in [9.17, 15) is 4.79 Å². The van der Waals surface area contributed by atoms with E-state index in [0.717, 1.165) is 27.8 Å². The minimum Gasteiger partial charge on any atom is -0.366 e. The third-order valence-electron chi connectivity index (χ3n) is 3.59. The number of fused-ring (bicyclic) bond motifs is 1. The zero-order valence-electron chi connectivity index (χ0n) is 12.3. The Morgan fingerprint density at radius 2 is 1.95 bits per heavy atom. The van der Waals surface area contributed by atoms with Crippen molar-refractivity contribution < 1.29 is 4.79 Å². The second kappa shape index (κ2) is 5.85. The first-order valence-electron chi connectivity index (χ1n) is 7.12. The van der Waals surface area contributed by atoms with Crippen molar-refractivity contribution >= 4 is 22.6 Å². The number of hydrogen-bond acceptors (Lipinski definition) is 3. The van der Waals surface area contributed by atoms with Crippen molar-refractivity contribution in [3.05, 3.63) is 71.3 Å². The van der Waals surface area contributed by atoms with Crippen LogP contribution in [0.3, 0.4) is 0 Å². The molecule has 2 aromatic carbocycles. The Morgan fingerprint density at radius 1 is 1.14 bits per heavy atom. The summed E-state index contributed by atoms with van der Waals surface area (Å²) in [6.07, 6.45) is 0. The standard InChI is InChI=1S/C18H17N3O/c1-12-9-14-6-2-3-8-16(14)21-18(12)20-11-13-5-4-7-15(10-13)17(19)22/h2-10H,11H2,1H3,(H2,19,22)(H,20,21). The van der Waals surface area contributed by atoms with Crippen molar-refractivity contribution in [2.45, 2.75) is 13.5 Å². The van der Waals surface area contributed by atoms with Crippen LogP contribution >= 0.6 is 0 Å². The van der Waals surface area contributed by atoms with Crippen LogP contribution in [0.2, 0.25) is 0 Å². The Hall–Kier alpha value is -2.88. The van der Waals surface area contributed by atoms with Gasteiger partial charge in [-0.05, 0) is 42.3 Å². The molecule has 0 radical (unpaired) electrons. The van der Waals surface area contributed by atoms with Gasteiger partial charge in [0.25, 0.3) is 0 Å². The lowest BCUT2D eigenvalue weighted by Gasteiger charge is -2.10. The van der Waals surface area contributed by atoms with E-state index in [1.807, 2.05) is 37.3 Å². The maximum atomic E-state index is 11.2. The van der Waals surface area contributed by atoms with Crippen molar-refractivity contribution in [2.24, 2.45) is 5.73 Å². The minimum atomic E-state index is -0.415. The highest BCUT2D eigenvalue weighted by molar-refractivity contribution is 5.92. The monoisotopic (exact) mass is 291 g/mol. The van der Waals surface area contributed by atoms with Gasteiger partial charge in [0.2, 0.25) is 5.91 Å². The Kier molecular flexibility index (Phi) is 3.74. The van der Waals surface area contributed by atoms with Gasteiger partial charge >= 0.3 is 0 Å². The normalized spacial score (nSPS) is 10.6. The van der Waals surface area contributed by atoms with Crippen molar-refractivity contribution in [1.82, 2.24) is 4.98 Å². The molecule has 110 valence electrons. The third-order valence-corrected chi connectivity index (χ3v) is 3.59. The molecule has 0 unspecified atom stereocenters. The first-order chi connectivity index (χ1) is 10.6. The van der Waals surface area contributed by atoms with Crippen molar-refractivity contribution in [3.63, 3.8) is 0 Å². The van der Waals surface area contributed by atoms with Crippen LogP contribution in [0.4, 0.5) is 5.82 Å². The number of pyridine rings is 1. The van der Waals surface area contributed by atoms with Crippen LogP contribution in [0.1, 0.15) is 21.5 Å². The summed E-state index contributed by atoms with van der Waals surface area (Å²) in [5.74, 6) is 0.435. The van der Waals surface area contributed by atoms with Gasteiger partial charge in [0, 0.05) is 17.5 Å². The van der Waals surface area contributed by atoms with Gasteiger partial charge in [-0.3, -0.25) is 4.79 Å². The number of aryl methyl sites for hydroxylation is 1.